The number of rotatable bonds is 2. The molecule has 1 aromatic rings. The minimum absolute atomic E-state index is 0.0533. The fourth-order valence-electron chi connectivity index (χ4n) is 2.30. The summed E-state index contributed by atoms with van der Waals surface area (Å²) in [6.07, 6.45) is -4.66. The van der Waals surface area contributed by atoms with E-state index in [0.717, 1.165) is 13.2 Å². The molecule has 0 unspecified atom stereocenters. The Hall–Kier alpha value is -1.72. The highest BCUT2D eigenvalue weighted by Crippen LogP contribution is 2.40. The second kappa shape index (κ2) is 5.43. The van der Waals surface area contributed by atoms with Crippen molar-refractivity contribution in [3.05, 3.63) is 23.3 Å². The maximum Gasteiger partial charge on any atom is 0.498 e. The predicted octanol–water partition coefficient (Wildman–Crippen LogP) is 2.88. The van der Waals surface area contributed by atoms with Gasteiger partial charge in [-0.3, -0.25) is 0 Å². The first-order valence-corrected chi connectivity index (χ1v) is 6.98. The van der Waals surface area contributed by atoms with Crippen molar-refractivity contribution < 1.29 is 27.2 Å². The second-order valence-corrected chi connectivity index (χ2v) is 6.34. The Balaban J connectivity index is 2.62. The Morgan fingerprint density at radius 3 is 2.04 bits per heavy atom. The van der Waals surface area contributed by atoms with Gasteiger partial charge < -0.3 is 14.0 Å². The Morgan fingerprint density at radius 1 is 1.13 bits per heavy atom. The third-order valence-corrected chi connectivity index (χ3v) is 4.26. The van der Waals surface area contributed by atoms with Crippen LogP contribution in [0.2, 0.25) is 0 Å². The topological polar surface area (TPSA) is 51.5 Å². The van der Waals surface area contributed by atoms with Gasteiger partial charge in [0.05, 0.1) is 35.5 Å². The van der Waals surface area contributed by atoms with Crippen molar-refractivity contribution >= 4 is 12.6 Å². The molecule has 124 valence electrons. The number of alkyl halides is 3. The molecule has 0 saturated carbocycles. The van der Waals surface area contributed by atoms with Crippen LogP contribution in [0.3, 0.4) is 0 Å². The number of nitrogens with zero attached hydrogens (tertiary/aromatic N) is 1. The number of benzene rings is 1. The van der Waals surface area contributed by atoms with Crippen molar-refractivity contribution in [3.8, 4) is 11.8 Å². The zero-order valence-corrected chi connectivity index (χ0v) is 13.5. The van der Waals surface area contributed by atoms with Crippen LogP contribution in [-0.4, -0.2) is 25.4 Å². The summed E-state index contributed by atoms with van der Waals surface area (Å²) in [5.41, 5.74) is -2.54. The van der Waals surface area contributed by atoms with Crippen molar-refractivity contribution in [2.45, 2.75) is 45.1 Å². The minimum Gasteiger partial charge on any atom is -0.496 e. The molecule has 1 fully saturated rings. The molecule has 0 aliphatic carbocycles. The molecule has 0 radical (unpaired) electrons. The standard InChI is InChI=1S/C15H17BF3NO3/c1-13(2)14(3,4)23-16(22-13)11-7-9(8-20)6-10(12(11)21-5)15(17,18)19/h6-7H,1-5H3. The third kappa shape index (κ3) is 3.03. The van der Waals surface area contributed by atoms with Crippen molar-refractivity contribution in [2.24, 2.45) is 0 Å². The molecule has 1 saturated heterocycles. The molecule has 1 aliphatic rings. The SMILES string of the molecule is COc1c(B2OC(C)(C)C(C)(C)O2)cc(C#N)cc1C(F)(F)F. The van der Waals surface area contributed by atoms with Gasteiger partial charge in [0, 0.05) is 5.46 Å². The molecule has 0 N–H and O–H groups in total. The number of methoxy groups -OCH3 is 1. The van der Waals surface area contributed by atoms with E-state index in [1.807, 2.05) is 0 Å². The summed E-state index contributed by atoms with van der Waals surface area (Å²) in [6, 6.07) is 3.79. The monoisotopic (exact) mass is 327 g/mol. The molecule has 1 aromatic carbocycles. The Kier molecular flexibility index (Phi) is 4.16. The molecular weight excluding hydrogens is 310 g/mol. The largest absolute Gasteiger partial charge is 0.498 e. The second-order valence-electron chi connectivity index (χ2n) is 6.34. The average Bonchev–Trinajstić information content (AvgIpc) is 2.64. The van der Waals surface area contributed by atoms with Crippen LogP contribution in [0.4, 0.5) is 13.2 Å². The summed E-state index contributed by atoms with van der Waals surface area (Å²) in [4.78, 5) is 0. The molecule has 4 nitrogen and oxygen atoms in total. The van der Waals surface area contributed by atoms with Crippen LogP contribution in [0.1, 0.15) is 38.8 Å². The molecule has 0 atom stereocenters. The van der Waals surface area contributed by atoms with E-state index in [1.54, 1.807) is 33.8 Å². The predicted molar refractivity (Wildman–Crippen MR) is 78.4 cm³/mol. The summed E-state index contributed by atoms with van der Waals surface area (Å²) in [5, 5.41) is 9.02. The molecule has 2 rings (SSSR count). The lowest BCUT2D eigenvalue weighted by molar-refractivity contribution is -0.138. The maximum atomic E-state index is 13.3. The lowest BCUT2D eigenvalue weighted by Gasteiger charge is -2.32. The van der Waals surface area contributed by atoms with Gasteiger partial charge >= 0.3 is 13.3 Å². The zero-order chi connectivity index (χ0) is 17.6. The number of nitriles is 1. The molecule has 1 heterocycles. The molecule has 8 heteroatoms. The van der Waals surface area contributed by atoms with E-state index in [2.05, 4.69) is 0 Å². The molecule has 1 aliphatic heterocycles. The van der Waals surface area contributed by atoms with Gasteiger partial charge in [-0.2, -0.15) is 18.4 Å². The van der Waals surface area contributed by atoms with E-state index in [9.17, 15) is 13.2 Å². The summed E-state index contributed by atoms with van der Waals surface area (Å²) in [5.74, 6) is -0.394. The lowest BCUT2D eigenvalue weighted by Crippen LogP contribution is -2.41. The quantitative estimate of drug-likeness (QED) is 0.784. The van der Waals surface area contributed by atoms with Gasteiger partial charge in [0.1, 0.15) is 5.75 Å². The minimum atomic E-state index is -4.66. The Labute approximate surface area is 133 Å². The van der Waals surface area contributed by atoms with Crippen molar-refractivity contribution in [1.82, 2.24) is 0 Å². The molecule has 23 heavy (non-hydrogen) atoms. The molecule has 0 aromatic heterocycles. The molecular formula is C15H17BF3NO3. The van der Waals surface area contributed by atoms with E-state index in [-0.39, 0.29) is 11.0 Å². The van der Waals surface area contributed by atoms with E-state index in [0.29, 0.717) is 0 Å². The summed E-state index contributed by atoms with van der Waals surface area (Å²) in [6.45, 7) is 7.16. The number of hydrogen-bond donors (Lipinski definition) is 0. The summed E-state index contributed by atoms with van der Waals surface area (Å²) in [7, 11) is 0.0927. The third-order valence-electron chi connectivity index (χ3n) is 4.26. The Bertz CT molecular complexity index is 649. The van der Waals surface area contributed by atoms with Gasteiger partial charge in [0.2, 0.25) is 0 Å². The van der Waals surface area contributed by atoms with E-state index < -0.39 is 35.8 Å². The normalized spacial score (nSPS) is 19.5. The van der Waals surface area contributed by atoms with Gasteiger partial charge in [-0.15, -0.1) is 0 Å². The van der Waals surface area contributed by atoms with Crippen LogP contribution < -0.4 is 10.2 Å². The van der Waals surface area contributed by atoms with Gasteiger partial charge in [-0.25, -0.2) is 0 Å². The highest BCUT2D eigenvalue weighted by molar-refractivity contribution is 6.63. The van der Waals surface area contributed by atoms with Crippen LogP contribution >= 0.6 is 0 Å². The fraction of sp³-hybridized carbons (Fsp3) is 0.533. The van der Waals surface area contributed by atoms with E-state index >= 15 is 0 Å². The highest BCUT2D eigenvalue weighted by Gasteiger charge is 2.53. The molecule has 0 spiro atoms. The van der Waals surface area contributed by atoms with Crippen LogP contribution in [-0.2, 0) is 15.5 Å². The van der Waals surface area contributed by atoms with Crippen molar-refractivity contribution in [1.29, 1.82) is 5.26 Å². The molecule has 0 bridgehead atoms. The Morgan fingerprint density at radius 2 is 1.65 bits per heavy atom. The first-order valence-electron chi connectivity index (χ1n) is 6.98. The van der Waals surface area contributed by atoms with Crippen molar-refractivity contribution in [3.63, 3.8) is 0 Å². The smallest absolute Gasteiger partial charge is 0.496 e. The van der Waals surface area contributed by atoms with Crippen molar-refractivity contribution in [2.75, 3.05) is 7.11 Å². The first kappa shape index (κ1) is 17.6. The van der Waals surface area contributed by atoms with Crippen LogP contribution in [0.5, 0.6) is 5.75 Å². The summed E-state index contributed by atoms with van der Waals surface area (Å²) >= 11 is 0. The fourth-order valence-corrected chi connectivity index (χ4v) is 2.30. The highest BCUT2D eigenvalue weighted by atomic mass is 19.4. The number of halogens is 3. The van der Waals surface area contributed by atoms with Crippen LogP contribution in [0.25, 0.3) is 0 Å². The maximum absolute atomic E-state index is 13.3. The lowest BCUT2D eigenvalue weighted by atomic mass is 9.76. The summed E-state index contributed by atoms with van der Waals surface area (Å²) < 4.78 is 56.3. The van der Waals surface area contributed by atoms with E-state index in [4.69, 9.17) is 19.3 Å². The molecule has 0 amide bonds. The van der Waals surface area contributed by atoms with Crippen LogP contribution in [0.15, 0.2) is 12.1 Å². The van der Waals surface area contributed by atoms with Gasteiger partial charge in [0.25, 0.3) is 0 Å². The number of ether oxygens (including phenoxy) is 1. The van der Waals surface area contributed by atoms with Crippen LogP contribution in [0, 0.1) is 11.3 Å². The van der Waals surface area contributed by atoms with Gasteiger partial charge in [0.15, 0.2) is 0 Å². The van der Waals surface area contributed by atoms with E-state index in [1.165, 1.54) is 6.07 Å². The average molecular weight is 327 g/mol. The zero-order valence-electron chi connectivity index (χ0n) is 13.5. The first-order chi connectivity index (χ1) is 10.4. The van der Waals surface area contributed by atoms with Gasteiger partial charge in [-0.1, -0.05) is 0 Å². The van der Waals surface area contributed by atoms with Gasteiger partial charge in [-0.05, 0) is 39.8 Å². The number of hydrogen-bond acceptors (Lipinski definition) is 4.